The van der Waals surface area contributed by atoms with Gasteiger partial charge in [0.1, 0.15) is 39.8 Å². The van der Waals surface area contributed by atoms with Crippen molar-refractivity contribution >= 4 is 44.8 Å². The van der Waals surface area contributed by atoms with Crippen LogP contribution in [0.5, 0.6) is 0 Å². The summed E-state index contributed by atoms with van der Waals surface area (Å²) in [7, 11) is 1.65. The lowest BCUT2D eigenvalue weighted by atomic mass is 10.1. The number of carbonyl (C=O) groups is 1. The highest BCUT2D eigenvalue weighted by atomic mass is 32.1. The van der Waals surface area contributed by atoms with Gasteiger partial charge in [-0.15, -0.1) is 0 Å². The molecule has 0 saturated carbocycles. The van der Waals surface area contributed by atoms with Crippen molar-refractivity contribution in [2.24, 2.45) is 0 Å². The average Bonchev–Trinajstić information content (AvgIpc) is 3.61. The first-order valence-corrected chi connectivity index (χ1v) is 15.3. The van der Waals surface area contributed by atoms with E-state index in [1.54, 1.807) is 18.9 Å². The zero-order valence-electron chi connectivity index (χ0n) is 24.8. The summed E-state index contributed by atoms with van der Waals surface area (Å²) in [6.45, 7) is 1.73. The number of aryl methyl sites for hydroxylation is 1. The highest BCUT2D eigenvalue weighted by Crippen LogP contribution is 2.41. The molecule has 10 nitrogen and oxygen atoms in total. The second kappa shape index (κ2) is 12.1. The maximum Gasteiger partial charge on any atom is 0.409 e. The van der Waals surface area contributed by atoms with Crippen LogP contribution in [-0.2, 0) is 11.3 Å². The predicted molar refractivity (Wildman–Crippen MR) is 162 cm³/mol. The lowest BCUT2D eigenvalue weighted by Gasteiger charge is -2.44. The van der Waals surface area contributed by atoms with Crippen molar-refractivity contribution < 1.29 is 31.9 Å². The minimum absolute atomic E-state index is 0.0123. The first kappa shape index (κ1) is 31.6. The van der Waals surface area contributed by atoms with Crippen molar-refractivity contribution in [1.82, 2.24) is 24.6 Å². The van der Waals surface area contributed by atoms with Crippen LogP contribution >= 0.6 is 11.3 Å². The SMILES string of the molecule is CCn1nc2c(F)cc(N3CCN(CC(=O)N4CC(O)C4)C[C@H]3C(F)(F)F)cc2c1N(C)c1nc(-c2ccc(F)cc2)c(C#N)s1. The summed E-state index contributed by atoms with van der Waals surface area (Å²) >= 11 is 1.06. The minimum atomic E-state index is -4.68. The maximum atomic E-state index is 15.6. The molecule has 2 aliphatic heterocycles. The molecular formula is C30H29F5N8O2S. The Morgan fingerprint density at radius 2 is 1.87 bits per heavy atom. The van der Waals surface area contributed by atoms with Crippen LogP contribution < -0.4 is 9.80 Å². The minimum Gasteiger partial charge on any atom is -0.389 e. The number of piperazine rings is 1. The maximum absolute atomic E-state index is 15.6. The smallest absolute Gasteiger partial charge is 0.389 e. The van der Waals surface area contributed by atoms with Crippen molar-refractivity contribution in [1.29, 1.82) is 5.26 Å². The summed E-state index contributed by atoms with van der Waals surface area (Å²) in [5.41, 5.74) is 0.839. The predicted octanol–water partition coefficient (Wildman–Crippen LogP) is 4.35. The van der Waals surface area contributed by atoms with Crippen molar-refractivity contribution in [3.8, 4) is 17.3 Å². The van der Waals surface area contributed by atoms with E-state index in [0.29, 0.717) is 28.8 Å². The number of aliphatic hydroxyl groups excluding tert-OH is 1. The molecule has 2 aliphatic rings. The number of amides is 1. The van der Waals surface area contributed by atoms with Crippen LogP contribution in [0.15, 0.2) is 36.4 Å². The number of likely N-dealkylation sites (tertiary alicyclic amines) is 1. The Kier molecular flexibility index (Phi) is 8.34. The molecule has 4 aromatic rings. The first-order valence-electron chi connectivity index (χ1n) is 14.5. The van der Waals surface area contributed by atoms with Gasteiger partial charge >= 0.3 is 6.18 Å². The van der Waals surface area contributed by atoms with E-state index in [9.17, 15) is 32.7 Å². The molecule has 0 unspecified atom stereocenters. The number of hydrogen-bond acceptors (Lipinski definition) is 9. The average molecular weight is 661 g/mol. The molecule has 1 N–H and O–H groups in total. The number of β-amino-alcohol motifs (C(OH)–C–C–N with tert-alkyl or cyclic N) is 1. The molecule has 0 aliphatic carbocycles. The molecule has 242 valence electrons. The first-order chi connectivity index (χ1) is 21.9. The number of hydrogen-bond donors (Lipinski definition) is 1. The number of aromatic nitrogens is 3. The molecule has 0 bridgehead atoms. The van der Waals surface area contributed by atoms with Gasteiger partial charge in [-0.1, -0.05) is 11.3 Å². The Labute approximate surface area is 264 Å². The van der Waals surface area contributed by atoms with Gasteiger partial charge in [0.15, 0.2) is 10.9 Å². The van der Waals surface area contributed by atoms with Gasteiger partial charge in [-0.2, -0.15) is 23.5 Å². The topological polar surface area (TPSA) is 105 Å². The third-order valence-electron chi connectivity index (χ3n) is 8.24. The lowest BCUT2D eigenvalue weighted by Crippen LogP contribution is -2.62. The van der Waals surface area contributed by atoms with Gasteiger partial charge in [-0.05, 0) is 43.3 Å². The molecule has 2 saturated heterocycles. The van der Waals surface area contributed by atoms with Gasteiger partial charge in [0, 0.05) is 63.0 Å². The van der Waals surface area contributed by atoms with E-state index in [2.05, 4.69) is 16.2 Å². The number of anilines is 3. The Morgan fingerprint density at radius 1 is 1.15 bits per heavy atom. The number of benzene rings is 2. The Bertz CT molecular complexity index is 1810. The number of fused-ring (bicyclic) bond motifs is 1. The van der Waals surface area contributed by atoms with Gasteiger partial charge in [0.2, 0.25) is 5.91 Å². The van der Waals surface area contributed by atoms with Gasteiger partial charge in [-0.25, -0.2) is 18.4 Å². The van der Waals surface area contributed by atoms with Gasteiger partial charge in [0.05, 0.1) is 12.6 Å². The zero-order valence-corrected chi connectivity index (χ0v) is 25.6. The van der Waals surface area contributed by atoms with E-state index in [-0.39, 0.29) is 60.1 Å². The molecule has 6 rings (SSSR count). The van der Waals surface area contributed by atoms with E-state index < -0.39 is 36.5 Å². The van der Waals surface area contributed by atoms with Crippen molar-refractivity contribution in [2.75, 3.05) is 56.1 Å². The van der Waals surface area contributed by atoms with E-state index in [1.165, 1.54) is 44.8 Å². The Morgan fingerprint density at radius 3 is 2.50 bits per heavy atom. The van der Waals surface area contributed by atoms with Crippen molar-refractivity contribution in [2.45, 2.75) is 31.8 Å². The third kappa shape index (κ3) is 5.85. The largest absolute Gasteiger partial charge is 0.409 e. The molecule has 16 heteroatoms. The lowest BCUT2D eigenvalue weighted by molar-refractivity contribution is -0.160. The van der Waals surface area contributed by atoms with Crippen LogP contribution in [-0.4, -0.2) is 100 Å². The molecule has 4 heterocycles. The Balaban J connectivity index is 1.34. The standard InChI is InChI=1S/C30H29F5N8O2S/c1-3-43-28(39(2)29-37-26(23(12-36)46-29)17-4-6-18(31)7-5-17)21-10-19(11-22(32)27(21)38-43)42-9-8-40(15-24(42)30(33,34)35)16-25(45)41-13-20(44)14-41/h4-7,10-11,20,24,44H,3,8-9,13-16H2,1-2H3/t24-/m0/s1. The van der Waals surface area contributed by atoms with E-state index in [0.717, 1.165) is 22.3 Å². The summed E-state index contributed by atoms with van der Waals surface area (Å²) in [6, 6.07) is 8.14. The van der Waals surface area contributed by atoms with Crippen LogP contribution in [0.25, 0.3) is 22.2 Å². The monoisotopic (exact) mass is 660 g/mol. The Hall–Kier alpha value is -4.33. The number of carbonyl (C=O) groups excluding carboxylic acids is 1. The summed E-state index contributed by atoms with van der Waals surface area (Å²) in [6.07, 6.45) is -5.30. The number of nitriles is 1. The molecule has 1 atom stereocenters. The zero-order chi connectivity index (χ0) is 32.9. The van der Waals surface area contributed by atoms with Gasteiger partial charge in [-0.3, -0.25) is 9.69 Å². The molecule has 0 radical (unpaired) electrons. The number of thiazole rings is 1. The number of halogens is 5. The normalized spacial score (nSPS) is 17.8. The fourth-order valence-corrected chi connectivity index (χ4v) is 6.70. The molecule has 46 heavy (non-hydrogen) atoms. The van der Waals surface area contributed by atoms with Gasteiger partial charge < -0.3 is 19.8 Å². The van der Waals surface area contributed by atoms with E-state index in [1.807, 2.05) is 0 Å². The van der Waals surface area contributed by atoms with Crippen LogP contribution in [0.1, 0.15) is 11.8 Å². The number of alkyl halides is 3. The summed E-state index contributed by atoms with van der Waals surface area (Å²) < 4.78 is 74.0. The highest BCUT2D eigenvalue weighted by molar-refractivity contribution is 7.16. The number of rotatable bonds is 7. The molecule has 2 fully saturated rings. The third-order valence-corrected chi connectivity index (χ3v) is 9.28. The van der Waals surface area contributed by atoms with Gasteiger partial charge in [0.25, 0.3) is 0 Å². The summed E-state index contributed by atoms with van der Waals surface area (Å²) in [4.78, 5) is 22.9. The molecular weight excluding hydrogens is 631 g/mol. The van der Waals surface area contributed by atoms with Crippen molar-refractivity contribution in [3.63, 3.8) is 0 Å². The molecule has 0 spiro atoms. The van der Waals surface area contributed by atoms with E-state index >= 15 is 4.39 Å². The van der Waals surface area contributed by atoms with Crippen molar-refractivity contribution in [3.05, 3.63) is 52.9 Å². The van der Waals surface area contributed by atoms with Crippen LogP contribution in [0.4, 0.5) is 38.6 Å². The number of nitrogens with zero attached hydrogens (tertiary/aromatic N) is 8. The highest BCUT2D eigenvalue weighted by Gasteiger charge is 2.47. The summed E-state index contributed by atoms with van der Waals surface area (Å²) in [5.74, 6) is -1.23. The van der Waals surface area contributed by atoms with Crippen LogP contribution in [0, 0.1) is 23.0 Å². The number of aliphatic hydroxyl groups is 1. The van der Waals surface area contributed by atoms with E-state index in [4.69, 9.17) is 0 Å². The second-order valence-electron chi connectivity index (χ2n) is 11.3. The molecule has 2 aromatic heterocycles. The quantitative estimate of drug-likeness (QED) is 0.292. The fraction of sp³-hybridized carbons (Fsp3) is 0.400. The molecule has 1 amide bonds. The summed E-state index contributed by atoms with van der Waals surface area (Å²) in [5, 5.41) is 24.2. The van der Waals surface area contributed by atoms with Crippen LogP contribution in [0.3, 0.4) is 0 Å². The van der Waals surface area contributed by atoms with Crippen LogP contribution in [0.2, 0.25) is 0 Å². The second-order valence-corrected chi connectivity index (χ2v) is 12.2. The molecule has 2 aromatic carbocycles. The fourth-order valence-electron chi connectivity index (χ4n) is 5.85.